The van der Waals surface area contributed by atoms with Crippen LogP contribution in [0.1, 0.15) is 15.2 Å². The number of rotatable bonds is 6. The molecule has 1 atom stereocenters. The van der Waals surface area contributed by atoms with E-state index < -0.39 is 18.6 Å². The number of aliphatic hydroxyl groups is 2. The average molecular weight is 518 g/mol. The first-order valence-corrected chi connectivity index (χ1v) is 12.8. The van der Waals surface area contributed by atoms with Crippen molar-refractivity contribution in [2.45, 2.75) is 13.0 Å². The predicted octanol–water partition coefficient (Wildman–Crippen LogP) is 2.92. The Morgan fingerprint density at radius 1 is 1.00 bits per heavy atom. The molecule has 0 saturated carbocycles. The predicted molar refractivity (Wildman–Crippen MR) is 144 cm³/mol. The molecular formula is C27H27N5O4S. The molecule has 3 heterocycles. The SMILES string of the molecule is Cc1cc2c(N3CCN(C(=O)c4ccc(-c5ccccc5)cc4)CC3)nc(NC(=O)[C@H](O)CO)nc2s1. The van der Waals surface area contributed by atoms with Crippen molar-refractivity contribution in [3.8, 4) is 11.1 Å². The van der Waals surface area contributed by atoms with Crippen molar-refractivity contribution >= 4 is 45.1 Å². The quantitative estimate of drug-likeness (QED) is 0.360. The molecule has 2 aromatic carbocycles. The summed E-state index contributed by atoms with van der Waals surface area (Å²) in [5.41, 5.74) is 2.82. The van der Waals surface area contributed by atoms with Gasteiger partial charge in [-0.1, -0.05) is 42.5 Å². The topological polar surface area (TPSA) is 119 Å². The molecule has 0 bridgehead atoms. The van der Waals surface area contributed by atoms with Crippen LogP contribution in [-0.4, -0.2) is 75.8 Å². The number of carbonyl (C=O) groups excluding carboxylic acids is 2. The first kappa shape index (κ1) is 24.8. The van der Waals surface area contributed by atoms with Crippen LogP contribution in [0, 0.1) is 6.92 Å². The summed E-state index contributed by atoms with van der Waals surface area (Å²) in [5.74, 6) is -0.0412. The number of thiophene rings is 1. The highest BCUT2D eigenvalue weighted by Gasteiger charge is 2.26. The van der Waals surface area contributed by atoms with Gasteiger partial charge < -0.3 is 20.0 Å². The van der Waals surface area contributed by atoms with E-state index in [0.717, 1.165) is 21.4 Å². The lowest BCUT2D eigenvalue weighted by atomic mass is 10.0. The molecule has 1 aliphatic heterocycles. The summed E-state index contributed by atoms with van der Waals surface area (Å²) >= 11 is 1.48. The smallest absolute Gasteiger partial charge is 0.257 e. The van der Waals surface area contributed by atoms with Gasteiger partial charge in [-0.3, -0.25) is 14.9 Å². The number of benzene rings is 2. The van der Waals surface area contributed by atoms with Crippen molar-refractivity contribution in [3.63, 3.8) is 0 Å². The Balaban J connectivity index is 1.30. The molecule has 0 aliphatic carbocycles. The molecule has 1 fully saturated rings. The molecule has 1 aliphatic rings. The van der Waals surface area contributed by atoms with Gasteiger partial charge in [0, 0.05) is 36.6 Å². The van der Waals surface area contributed by atoms with Crippen molar-refractivity contribution < 1.29 is 19.8 Å². The summed E-state index contributed by atoms with van der Waals surface area (Å²) in [6.45, 7) is 3.48. The standard InChI is InChI=1S/C27H27N5O4S/c1-17-15-21-23(28-27(30-25(21)37-17)29-24(35)22(34)16-33)31-11-13-32(14-12-31)26(36)20-9-7-19(8-10-20)18-5-3-2-4-6-18/h2-10,15,22,33-34H,11-14,16H2,1H3,(H,28,29,30,35)/t22-/m1/s1. The highest BCUT2D eigenvalue weighted by molar-refractivity contribution is 7.18. The van der Waals surface area contributed by atoms with E-state index in [4.69, 9.17) is 5.11 Å². The second kappa shape index (κ2) is 10.6. The summed E-state index contributed by atoms with van der Waals surface area (Å²) in [6.07, 6.45) is -1.55. The van der Waals surface area contributed by atoms with E-state index in [0.29, 0.717) is 42.4 Å². The Bertz CT molecular complexity index is 1420. The van der Waals surface area contributed by atoms with Gasteiger partial charge in [-0.05, 0) is 36.2 Å². The molecule has 2 amide bonds. The summed E-state index contributed by atoms with van der Waals surface area (Å²) in [4.78, 5) is 39.9. The second-order valence-electron chi connectivity index (χ2n) is 8.86. The first-order valence-electron chi connectivity index (χ1n) is 12.0. The molecule has 1 saturated heterocycles. The fourth-order valence-corrected chi connectivity index (χ4v) is 5.21. The summed E-state index contributed by atoms with van der Waals surface area (Å²) in [6, 6.07) is 19.7. The minimum atomic E-state index is -1.55. The van der Waals surface area contributed by atoms with Crippen molar-refractivity contribution in [3.05, 3.63) is 71.1 Å². The zero-order chi connectivity index (χ0) is 25.9. The number of amides is 2. The van der Waals surface area contributed by atoms with Crippen LogP contribution >= 0.6 is 11.3 Å². The van der Waals surface area contributed by atoms with Crippen molar-refractivity contribution in [2.75, 3.05) is 43.0 Å². The van der Waals surface area contributed by atoms with Crippen LogP contribution in [0.2, 0.25) is 0 Å². The highest BCUT2D eigenvalue weighted by atomic mass is 32.1. The molecule has 3 N–H and O–H groups in total. The van der Waals surface area contributed by atoms with Gasteiger partial charge in [0.2, 0.25) is 5.95 Å². The molecule has 9 nitrogen and oxygen atoms in total. The van der Waals surface area contributed by atoms with E-state index in [9.17, 15) is 14.7 Å². The molecule has 10 heteroatoms. The zero-order valence-corrected chi connectivity index (χ0v) is 21.1. The lowest BCUT2D eigenvalue weighted by Gasteiger charge is -2.35. The van der Waals surface area contributed by atoms with Crippen LogP contribution in [0.5, 0.6) is 0 Å². The van der Waals surface area contributed by atoms with Gasteiger partial charge in [-0.2, -0.15) is 4.98 Å². The van der Waals surface area contributed by atoms with Gasteiger partial charge in [0.25, 0.3) is 11.8 Å². The number of aryl methyl sites for hydroxylation is 1. The molecule has 190 valence electrons. The monoisotopic (exact) mass is 517 g/mol. The number of hydrogen-bond donors (Lipinski definition) is 3. The number of nitrogens with one attached hydrogen (secondary N) is 1. The lowest BCUT2D eigenvalue weighted by Crippen LogP contribution is -2.49. The Labute approximate surface area is 218 Å². The van der Waals surface area contributed by atoms with Gasteiger partial charge in [0.05, 0.1) is 12.0 Å². The molecule has 0 unspecified atom stereocenters. The number of aliphatic hydroxyl groups excluding tert-OH is 2. The third-order valence-electron chi connectivity index (χ3n) is 6.31. The summed E-state index contributed by atoms with van der Waals surface area (Å²) < 4.78 is 0. The van der Waals surface area contributed by atoms with Crippen LogP contribution in [0.25, 0.3) is 21.3 Å². The van der Waals surface area contributed by atoms with Crippen LogP contribution in [0.15, 0.2) is 60.7 Å². The van der Waals surface area contributed by atoms with E-state index in [-0.39, 0.29) is 11.9 Å². The van der Waals surface area contributed by atoms with Gasteiger partial charge in [0.15, 0.2) is 6.10 Å². The minimum absolute atomic E-state index is 0.00980. The Morgan fingerprint density at radius 2 is 1.68 bits per heavy atom. The van der Waals surface area contributed by atoms with E-state index in [1.54, 1.807) is 0 Å². The molecule has 0 spiro atoms. The largest absolute Gasteiger partial charge is 0.393 e. The van der Waals surface area contributed by atoms with Crippen LogP contribution in [-0.2, 0) is 4.79 Å². The number of anilines is 2. The molecular weight excluding hydrogens is 490 g/mol. The van der Waals surface area contributed by atoms with Gasteiger partial charge in [0.1, 0.15) is 10.6 Å². The number of carbonyl (C=O) groups is 2. The van der Waals surface area contributed by atoms with E-state index in [1.165, 1.54) is 11.3 Å². The minimum Gasteiger partial charge on any atom is -0.393 e. The van der Waals surface area contributed by atoms with Crippen molar-refractivity contribution in [1.29, 1.82) is 0 Å². The van der Waals surface area contributed by atoms with Crippen LogP contribution in [0.3, 0.4) is 0 Å². The number of fused-ring (bicyclic) bond motifs is 1. The second-order valence-corrected chi connectivity index (χ2v) is 10.1. The third kappa shape index (κ3) is 5.31. The van der Waals surface area contributed by atoms with Gasteiger partial charge in [-0.25, -0.2) is 4.98 Å². The Hall–Kier alpha value is -3.86. The van der Waals surface area contributed by atoms with Gasteiger partial charge in [-0.15, -0.1) is 11.3 Å². The maximum Gasteiger partial charge on any atom is 0.257 e. The number of hydrogen-bond acceptors (Lipinski definition) is 8. The normalized spacial score (nSPS) is 14.6. The van der Waals surface area contributed by atoms with Gasteiger partial charge >= 0.3 is 0 Å². The maximum atomic E-state index is 13.2. The molecule has 2 aromatic heterocycles. The fraction of sp³-hybridized carbons (Fsp3) is 0.259. The van der Waals surface area contributed by atoms with Crippen LogP contribution in [0.4, 0.5) is 11.8 Å². The fourth-order valence-electron chi connectivity index (χ4n) is 4.34. The van der Waals surface area contributed by atoms with Crippen molar-refractivity contribution in [1.82, 2.24) is 14.9 Å². The van der Waals surface area contributed by atoms with E-state index in [1.807, 2.05) is 72.5 Å². The lowest BCUT2D eigenvalue weighted by molar-refractivity contribution is -0.125. The van der Waals surface area contributed by atoms with Crippen LogP contribution < -0.4 is 10.2 Å². The maximum absolute atomic E-state index is 13.2. The highest BCUT2D eigenvalue weighted by Crippen LogP contribution is 2.32. The Morgan fingerprint density at radius 3 is 2.35 bits per heavy atom. The number of aromatic nitrogens is 2. The number of piperazine rings is 1. The molecule has 0 radical (unpaired) electrons. The molecule has 4 aromatic rings. The third-order valence-corrected chi connectivity index (χ3v) is 7.26. The van der Waals surface area contributed by atoms with E-state index >= 15 is 0 Å². The summed E-state index contributed by atoms with van der Waals surface area (Å²) in [5, 5.41) is 22.0. The summed E-state index contributed by atoms with van der Waals surface area (Å²) in [7, 11) is 0. The average Bonchev–Trinajstić information content (AvgIpc) is 3.32. The Kier molecular flexibility index (Phi) is 7.13. The molecule has 5 rings (SSSR count). The zero-order valence-electron chi connectivity index (χ0n) is 20.3. The molecule has 37 heavy (non-hydrogen) atoms. The number of nitrogens with zero attached hydrogens (tertiary/aromatic N) is 4. The van der Waals surface area contributed by atoms with Crippen molar-refractivity contribution in [2.24, 2.45) is 0 Å². The van der Waals surface area contributed by atoms with E-state index in [2.05, 4.69) is 20.2 Å². The first-order chi connectivity index (χ1) is 17.9.